The van der Waals surface area contributed by atoms with Gasteiger partial charge in [-0.25, -0.2) is 18.6 Å². The molecule has 2 aromatic carbocycles. The van der Waals surface area contributed by atoms with E-state index in [4.69, 9.17) is 10.7 Å². The van der Waals surface area contributed by atoms with Gasteiger partial charge in [-0.1, -0.05) is 71.4 Å². The minimum absolute atomic E-state index is 0.0293. The number of nitrogens with one attached hydrogen (secondary N) is 5. The van der Waals surface area contributed by atoms with Crippen LogP contribution in [0.1, 0.15) is 117 Å². The Bertz CT molecular complexity index is 2590. The highest BCUT2D eigenvalue weighted by atomic mass is 19.1. The second-order valence-electron chi connectivity index (χ2n) is 20.5. The molecule has 420 valence electrons. The van der Waals surface area contributed by atoms with Gasteiger partial charge in [0.1, 0.15) is 48.2 Å². The summed E-state index contributed by atoms with van der Waals surface area (Å²) in [5.74, 6) is -7.34. The maximum absolute atomic E-state index is 15.1. The highest BCUT2D eigenvalue weighted by Gasteiger charge is 2.39. The Hall–Kier alpha value is -7.40. The van der Waals surface area contributed by atoms with E-state index in [-0.39, 0.29) is 87.3 Å². The number of carboxylic acid groups (broad SMARTS) is 1. The lowest BCUT2D eigenvalue weighted by atomic mass is 9.84. The van der Waals surface area contributed by atoms with Gasteiger partial charge in [0.15, 0.2) is 0 Å². The summed E-state index contributed by atoms with van der Waals surface area (Å²) in [7, 11) is 0. The Labute approximate surface area is 447 Å². The topological polar surface area (TPSA) is 305 Å². The van der Waals surface area contributed by atoms with Crippen molar-refractivity contribution >= 4 is 53.2 Å². The third-order valence-electron chi connectivity index (χ3n) is 12.8. The zero-order valence-electron chi connectivity index (χ0n) is 44.8. The van der Waals surface area contributed by atoms with E-state index in [9.17, 15) is 57.8 Å². The van der Waals surface area contributed by atoms with Gasteiger partial charge >= 0.3 is 5.97 Å². The first kappa shape index (κ1) is 62.1. The van der Waals surface area contributed by atoms with Gasteiger partial charge in [0.25, 0.3) is 11.8 Å². The molecule has 21 nitrogen and oxygen atoms in total. The van der Waals surface area contributed by atoms with Crippen LogP contribution >= 0.6 is 0 Å². The lowest BCUT2D eigenvalue weighted by Gasteiger charge is -2.40. The molecule has 23 heteroatoms. The first-order chi connectivity index (χ1) is 36.3. The molecule has 2 heterocycles. The Kier molecular flexibility index (Phi) is 23.6. The maximum atomic E-state index is 15.1. The smallest absolute Gasteiger partial charge is 0.326 e. The molecule has 8 amide bonds. The fourth-order valence-corrected chi connectivity index (χ4v) is 8.58. The molecule has 0 radical (unpaired) electrons. The van der Waals surface area contributed by atoms with E-state index < -0.39 is 101 Å². The molecule has 1 aliphatic rings. The van der Waals surface area contributed by atoms with Crippen molar-refractivity contribution in [1.82, 2.24) is 45.9 Å². The molecule has 1 aromatic heterocycles. The van der Waals surface area contributed by atoms with Gasteiger partial charge in [-0.05, 0) is 87.5 Å². The number of unbranched alkanes of at least 4 members (excludes halogenated alkanes) is 3. The molecule has 0 saturated heterocycles. The summed E-state index contributed by atoms with van der Waals surface area (Å²) in [6.07, 6.45) is 5.94. The lowest BCUT2D eigenvalue weighted by molar-refractivity contribution is -0.142. The summed E-state index contributed by atoms with van der Waals surface area (Å²) in [5.41, 5.74) is 6.41. The van der Waals surface area contributed by atoms with E-state index in [1.165, 1.54) is 30.9 Å². The van der Waals surface area contributed by atoms with E-state index in [0.29, 0.717) is 25.1 Å². The number of amides is 8. The van der Waals surface area contributed by atoms with Gasteiger partial charge in [0, 0.05) is 56.5 Å². The molecule has 77 heavy (non-hydrogen) atoms. The van der Waals surface area contributed by atoms with Gasteiger partial charge in [-0.15, -0.1) is 0 Å². The summed E-state index contributed by atoms with van der Waals surface area (Å²) in [6.45, 7) is 11.3. The monoisotopic (exact) mass is 1080 g/mol. The van der Waals surface area contributed by atoms with Gasteiger partial charge in [0.05, 0.1) is 17.8 Å². The minimum atomic E-state index is -1.34. The number of aliphatic carboxylic acids is 1. The van der Waals surface area contributed by atoms with Gasteiger partial charge in [-0.2, -0.15) is 0 Å². The number of aromatic nitrogens is 2. The van der Waals surface area contributed by atoms with Crippen LogP contribution in [0.25, 0.3) is 11.3 Å². The number of carbonyl (C=O) groups is 9. The van der Waals surface area contributed by atoms with Crippen molar-refractivity contribution in [2.24, 2.45) is 17.1 Å². The predicted octanol–water partition coefficient (Wildman–Crippen LogP) is 2.99. The summed E-state index contributed by atoms with van der Waals surface area (Å²) >= 11 is 0. The summed E-state index contributed by atoms with van der Waals surface area (Å²) in [6, 6.07) is 5.60. The summed E-state index contributed by atoms with van der Waals surface area (Å²) in [4.78, 5) is 122. The number of nitrogens with two attached hydrogens (primary N) is 1. The van der Waals surface area contributed by atoms with Crippen molar-refractivity contribution in [3.8, 4) is 11.3 Å². The van der Waals surface area contributed by atoms with Gasteiger partial charge < -0.3 is 52.0 Å². The number of aliphatic hydroxyl groups is 1. The first-order valence-electron chi connectivity index (χ1n) is 25.8. The SMILES string of the molecule is CC(C)C(NC(=O)CCCCCN1C(=O)C=CC1=O)C(=O)N[C@@H](C)C(=O)N[C@@H](CCCCNC(=O)[C@@H](C)NC(=O)[C@@H](N)CCN(C(=O)CO)[C@@H](c1nc(-c2cc(F)ccc2F)cn1Cc1ccccc1)C(C)(C)C)C(=O)O. The molecule has 4 rings (SSSR count). The van der Waals surface area contributed by atoms with Crippen LogP contribution < -0.4 is 32.3 Å². The molecule has 3 aromatic rings. The molecule has 0 bridgehead atoms. The van der Waals surface area contributed by atoms with Gasteiger partial charge in [-0.3, -0.25) is 43.3 Å². The van der Waals surface area contributed by atoms with Crippen molar-refractivity contribution < 1.29 is 62.1 Å². The number of carbonyl (C=O) groups excluding carboxylic acids is 8. The van der Waals surface area contributed by atoms with Crippen LogP contribution in [-0.4, -0.2) is 139 Å². The Morgan fingerprint density at radius 1 is 0.779 bits per heavy atom. The normalized spacial score (nSPS) is 14.8. The summed E-state index contributed by atoms with van der Waals surface area (Å²) < 4.78 is 31.2. The Morgan fingerprint density at radius 3 is 2.05 bits per heavy atom. The highest BCUT2D eigenvalue weighted by Crippen LogP contribution is 2.39. The van der Waals surface area contributed by atoms with Crippen LogP contribution in [-0.2, 0) is 49.7 Å². The molecule has 6 atom stereocenters. The standard InChI is InChI=1S/C54H74F2N10O11/c1-32(2)46(63-42(68)19-12-9-15-26-65-43(69)22-23-44(65)70)52(75)60-34(4)50(73)62-40(53(76)77)18-13-14-25-58-49(72)33(3)59-51(74)39(57)24-27-66(45(71)31-67)47(54(5,6)7)48-61-41(37-28-36(55)20-21-38(37)56)30-64(48)29-35-16-10-8-11-17-35/h8,10-11,16-17,20-23,28,30,32-34,39-40,46-47,67H,9,12-15,18-19,24-27,29,31,57H2,1-7H3,(H,58,72)(H,59,74)(H,60,75)(H,62,73)(H,63,68)(H,76,77)/t33-,34+,39+,40+,46?,47+/m1/s1. The zero-order valence-corrected chi connectivity index (χ0v) is 44.8. The highest BCUT2D eigenvalue weighted by molar-refractivity contribution is 6.12. The van der Waals surface area contributed by atoms with Gasteiger partial charge in [0.2, 0.25) is 35.4 Å². The third kappa shape index (κ3) is 18.7. The average molecular weight is 1080 g/mol. The number of hydrogen-bond donors (Lipinski definition) is 8. The van der Waals surface area contributed by atoms with E-state index in [0.717, 1.165) is 28.7 Å². The fraction of sp³-hybridized carbons (Fsp3) is 0.519. The second-order valence-corrected chi connectivity index (χ2v) is 20.5. The van der Waals surface area contributed by atoms with E-state index >= 15 is 4.39 Å². The van der Waals surface area contributed by atoms with Crippen LogP contribution in [0, 0.1) is 23.0 Å². The predicted molar refractivity (Wildman–Crippen MR) is 279 cm³/mol. The molecule has 9 N–H and O–H groups in total. The van der Waals surface area contributed by atoms with Crippen molar-refractivity contribution in [2.45, 2.75) is 143 Å². The second kappa shape index (κ2) is 29.2. The summed E-state index contributed by atoms with van der Waals surface area (Å²) in [5, 5.41) is 32.9. The molecular weight excluding hydrogens is 1000 g/mol. The number of halogens is 2. The van der Waals surface area contributed by atoms with Crippen LogP contribution in [0.3, 0.4) is 0 Å². The molecule has 0 saturated carbocycles. The number of hydrogen-bond acceptors (Lipinski definition) is 12. The maximum Gasteiger partial charge on any atom is 0.326 e. The van der Waals surface area contributed by atoms with Crippen LogP contribution in [0.4, 0.5) is 8.78 Å². The number of imidazole rings is 1. The quantitative estimate of drug-likeness (QED) is 0.0352. The first-order valence-corrected chi connectivity index (χ1v) is 25.8. The lowest BCUT2D eigenvalue weighted by Crippen LogP contribution is -2.56. The van der Waals surface area contributed by atoms with E-state index in [2.05, 4.69) is 26.6 Å². The molecule has 0 aliphatic carbocycles. The Morgan fingerprint density at radius 2 is 1.43 bits per heavy atom. The van der Waals surface area contributed by atoms with Crippen molar-refractivity contribution in [3.05, 3.63) is 89.9 Å². The molecular formula is C54H74F2N10O11. The number of nitrogens with zero attached hydrogens (tertiary/aromatic N) is 4. The van der Waals surface area contributed by atoms with Crippen LogP contribution in [0.15, 0.2) is 66.9 Å². The largest absolute Gasteiger partial charge is 0.480 e. The third-order valence-corrected chi connectivity index (χ3v) is 12.8. The molecule has 1 aliphatic heterocycles. The van der Waals surface area contributed by atoms with E-state index in [1.54, 1.807) is 24.6 Å². The molecule has 0 spiro atoms. The number of rotatable bonds is 30. The van der Waals surface area contributed by atoms with Crippen molar-refractivity contribution in [2.75, 3.05) is 26.2 Å². The van der Waals surface area contributed by atoms with Crippen LogP contribution in [0.2, 0.25) is 0 Å². The van der Waals surface area contributed by atoms with Crippen molar-refractivity contribution in [3.63, 3.8) is 0 Å². The number of benzene rings is 2. The zero-order chi connectivity index (χ0) is 57.1. The molecule has 1 unspecified atom stereocenters. The number of aliphatic hydroxyl groups excluding tert-OH is 1. The Balaban J connectivity index is 1.25. The molecule has 0 fully saturated rings. The minimum Gasteiger partial charge on any atom is -0.480 e. The average Bonchev–Trinajstić information content (AvgIpc) is 3.93. The fourth-order valence-electron chi connectivity index (χ4n) is 8.58. The van der Waals surface area contributed by atoms with Crippen LogP contribution in [0.5, 0.6) is 0 Å². The van der Waals surface area contributed by atoms with Crippen molar-refractivity contribution in [1.29, 1.82) is 0 Å². The van der Waals surface area contributed by atoms with E-state index in [1.807, 2.05) is 51.1 Å². The number of imide groups is 1. The number of carboxylic acids is 1.